The molecule has 3 aromatic rings. The molecule has 3 rings (SSSR count). The molecule has 0 fully saturated rings. The first-order valence-electron chi connectivity index (χ1n) is 7.23. The molecule has 0 unspecified atom stereocenters. The van der Waals surface area contributed by atoms with Crippen molar-refractivity contribution < 1.29 is 0 Å². The largest absolute Gasteiger partial charge is 0.325 e. The van der Waals surface area contributed by atoms with Gasteiger partial charge in [-0.15, -0.1) is 0 Å². The van der Waals surface area contributed by atoms with Crippen LogP contribution in [-0.2, 0) is 13.6 Å². The van der Waals surface area contributed by atoms with E-state index in [1.165, 1.54) is 4.57 Å². The molecule has 0 saturated carbocycles. The number of imidazole rings is 1. The van der Waals surface area contributed by atoms with E-state index in [-0.39, 0.29) is 5.56 Å². The lowest BCUT2D eigenvalue weighted by Gasteiger charge is -2.09. The van der Waals surface area contributed by atoms with Crippen LogP contribution in [0.5, 0.6) is 0 Å². The lowest BCUT2D eigenvalue weighted by molar-refractivity contribution is 0.795. The Hall–Kier alpha value is -2.91. The zero-order valence-corrected chi connectivity index (χ0v) is 13.9. The van der Waals surface area contributed by atoms with Gasteiger partial charge >= 0.3 is 0 Å². The molecule has 0 N–H and O–H groups in total. The molecule has 0 radical (unpaired) electrons. The first-order chi connectivity index (χ1) is 11.5. The lowest BCUT2D eigenvalue weighted by Crippen LogP contribution is -2.18. The zero-order chi connectivity index (χ0) is 17.3. The Bertz CT molecular complexity index is 969. The van der Waals surface area contributed by atoms with Gasteiger partial charge in [-0.1, -0.05) is 17.7 Å². The minimum Gasteiger partial charge on any atom is -0.325 e. The third kappa shape index (κ3) is 3.07. The van der Waals surface area contributed by atoms with E-state index in [0.29, 0.717) is 28.8 Å². The van der Waals surface area contributed by atoms with Gasteiger partial charge in [0.15, 0.2) is 0 Å². The van der Waals surface area contributed by atoms with E-state index < -0.39 is 0 Å². The Morgan fingerprint density at radius 3 is 2.75 bits per heavy atom. The van der Waals surface area contributed by atoms with E-state index in [4.69, 9.17) is 16.9 Å². The van der Waals surface area contributed by atoms with Crippen LogP contribution in [0.25, 0.3) is 11.4 Å². The van der Waals surface area contributed by atoms with Crippen LogP contribution < -0.4 is 5.56 Å². The van der Waals surface area contributed by atoms with Crippen LogP contribution in [0, 0.1) is 18.3 Å². The van der Waals surface area contributed by atoms with E-state index in [0.717, 1.165) is 11.1 Å². The number of aromatic nitrogens is 4. The number of halogens is 1. The molecule has 0 atom stereocenters. The highest BCUT2D eigenvalue weighted by Crippen LogP contribution is 2.22. The van der Waals surface area contributed by atoms with Gasteiger partial charge in [-0.3, -0.25) is 4.79 Å². The van der Waals surface area contributed by atoms with Crippen LogP contribution in [0.1, 0.15) is 16.8 Å². The van der Waals surface area contributed by atoms with E-state index >= 15 is 0 Å². The number of aryl methyl sites for hydroxylation is 2. The molecule has 0 aliphatic carbocycles. The van der Waals surface area contributed by atoms with E-state index in [1.54, 1.807) is 44.7 Å². The summed E-state index contributed by atoms with van der Waals surface area (Å²) in [5.74, 6) is 0.669. The van der Waals surface area contributed by atoms with Crippen LogP contribution in [0.15, 0.2) is 41.6 Å². The van der Waals surface area contributed by atoms with Gasteiger partial charge in [0.1, 0.15) is 22.7 Å². The molecule has 6 nitrogen and oxygen atoms in total. The van der Waals surface area contributed by atoms with Gasteiger partial charge in [0, 0.05) is 36.8 Å². The highest BCUT2D eigenvalue weighted by Gasteiger charge is 2.12. The van der Waals surface area contributed by atoms with Crippen molar-refractivity contribution in [3.8, 4) is 17.5 Å². The van der Waals surface area contributed by atoms with Crippen molar-refractivity contribution in [2.45, 2.75) is 13.5 Å². The Labute approximate surface area is 143 Å². The second kappa shape index (κ2) is 6.30. The van der Waals surface area contributed by atoms with Gasteiger partial charge < -0.3 is 9.13 Å². The van der Waals surface area contributed by atoms with Crippen molar-refractivity contribution in [2.24, 2.45) is 7.05 Å². The Kier molecular flexibility index (Phi) is 4.19. The second-order valence-corrected chi connectivity index (χ2v) is 5.89. The molecule has 0 aliphatic heterocycles. The van der Waals surface area contributed by atoms with Gasteiger partial charge in [0.2, 0.25) is 0 Å². The fourth-order valence-corrected chi connectivity index (χ4v) is 2.71. The third-order valence-electron chi connectivity index (χ3n) is 3.66. The average molecular weight is 340 g/mol. The van der Waals surface area contributed by atoms with Crippen molar-refractivity contribution in [3.05, 3.63) is 69.1 Å². The maximum absolute atomic E-state index is 11.9. The number of hydrogen-bond acceptors (Lipinski definition) is 4. The summed E-state index contributed by atoms with van der Waals surface area (Å²) < 4.78 is 3.42. The quantitative estimate of drug-likeness (QED) is 0.734. The van der Waals surface area contributed by atoms with Gasteiger partial charge in [-0.05, 0) is 24.6 Å². The molecule has 0 aliphatic rings. The van der Waals surface area contributed by atoms with Crippen LogP contribution in [0.3, 0.4) is 0 Å². The molecule has 0 bridgehead atoms. The van der Waals surface area contributed by atoms with Gasteiger partial charge in [-0.25, -0.2) is 9.97 Å². The van der Waals surface area contributed by atoms with Crippen LogP contribution >= 0.6 is 11.6 Å². The number of nitrogens with zero attached hydrogens (tertiary/aromatic N) is 5. The van der Waals surface area contributed by atoms with Crippen LogP contribution in [-0.4, -0.2) is 19.1 Å². The summed E-state index contributed by atoms with van der Waals surface area (Å²) in [5.41, 5.74) is 2.70. The van der Waals surface area contributed by atoms with Crippen molar-refractivity contribution >= 4 is 11.6 Å². The summed E-state index contributed by atoms with van der Waals surface area (Å²) >= 11 is 6.08. The van der Waals surface area contributed by atoms with Gasteiger partial charge in [-0.2, -0.15) is 5.26 Å². The molecule has 120 valence electrons. The fraction of sp³-hybridized carbons (Fsp3) is 0.176. The average Bonchev–Trinajstić information content (AvgIpc) is 2.93. The summed E-state index contributed by atoms with van der Waals surface area (Å²) in [6.45, 7) is 2.28. The molecule has 7 heteroatoms. The predicted octanol–water partition coefficient (Wildman–Crippen LogP) is 2.53. The number of nitriles is 1. The molecule has 3 heterocycles. The summed E-state index contributed by atoms with van der Waals surface area (Å²) in [6.07, 6.45) is 5.12. The van der Waals surface area contributed by atoms with Crippen molar-refractivity contribution in [3.63, 3.8) is 0 Å². The molecular formula is C17H14ClN5O. The number of hydrogen-bond donors (Lipinski definition) is 0. The number of pyridine rings is 2. The third-order valence-corrected chi connectivity index (χ3v) is 3.84. The van der Waals surface area contributed by atoms with E-state index in [9.17, 15) is 4.79 Å². The molecule has 0 saturated heterocycles. The predicted molar refractivity (Wildman–Crippen MR) is 90.7 cm³/mol. The Morgan fingerprint density at radius 1 is 1.33 bits per heavy atom. The lowest BCUT2D eigenvalue weighted by atomic mass is 10.2. The SMILES string of the molecule is Cc1cc(-c2nc(Cl)cn2Cc2ccc(C#N)nc2)cn(C)c1=O. The molecule has 0 aromatic carbocycles. The van der Waals surface area contributed by atoms with Crippen molar-refractivity contribution in [2.75, 3.05) is 0 Å². The van der Waals surface area contributed by atoms with Crippen molar-refractivity contribution in [1.82, 2.24) is 19.1 Å². The summed E-state index contributed by atoms with van der Waals surface area (Å²) in [6, 6.07) is 7.31. The molecule has 3 aromatic heterocycles. The minimum absolute atomic E-state index is 0.0424. The van der Waals surface area contributed by atoms with E-state index in [2.05, 4.69) is 9.97 Å². The van der Waals surface area contributed by atoms with Gasteiger partial charge in [0.05, 0.1) is 6.54 Å². The van der Waals surface area contributed by atoms with Crippen molar-refractivity contribution in [1.29, 1.82) is 5.26 Å². The smallest absolute Gasteiger partial charge is 0.253 e. The van der Waals surface area contributed by atoms with E-state index in [1.807, 2.05) is 16.7 Å². The van der Waals surface area contributed by atoms with Gasteiger partial charge in [0.25, 0.3) is 5.56 Å². The molecule has 0 amide bonds. The highest BCUT2D eigenvalue weighted by atomic mass is 35.5. The maximum Gasteiger partial charge on any atom is 0.253 e. The first-order valence-corrected chi connectivity index (χ1v) is 7.61. The Morgan fingerprint density at radius 2 is 2.12 bits per heavy atom. The Balaban J connectivity index is 2.02. The zero-order valence-electron chi connectivity index (χ0n) is 13.2. The molecule has 24 heavy (non-hydrogen) atoms. The topological polar surface area (TPSA) is 76.5 Å². The van der Waals surface area contributed by atoms with Crippen LogP contribution in [0.2, 0.25) is 5.15 Å². The fourth-order valence-electron chi connectivity index (χ4n) is 2.52. The molecular weight excluding hydrogens is 326 g/mol. The highest BCUT2D eigenvalue weighted by molar-refractivity contribution is 6.29. The second-order valence-electron chi connectivity index (χ2n) is 5.51. The van der Waals surface area contributed by atoms with Crippen LogP contribution in [0.4, 0.5) is 0 Å². The minimum atomic E-state index is -0.0424. The summed E-state index contributed by atoms with van der Waals surface area (Å²) in [5, 5.41) is 9.19. The normalized spacial score (nSPS) is 10.6. The number of rotatable bonds is 3. The monoisotopic (exact) mass is 339 g/mol. The molecule has 0 spiro atoms. The standard InChI is InChI=1S/C17H14ClN5O/c1-11-5-13(9-22(2)17(11)24)16-21-15(18)10-23(16)8-12-3-4-14(6-19)20-7-12/h3-5,7,9-10H,8H2,1-2H3. The maximum atomic E-state index is 11.9. The summed E-state index contributed by atoms with van der Waals surface area (Å²) in [4.78, 5) is 20.3. The first kappa shape index (κ1) is 16.0. The summed E-state index contributed by atoms with van der Waals surface area (Å²) in [7, 11) is 1.71.